The highest BCUT2D eigenvalue weighted by atomic mass is 13.9. The van der Waals surface area contributed by atoms with Crippen molar-refractivity contribution in [2.45, 2.75) is 20.8 Å². The fourth-order valence-electron chi connectivity index (χ4n) is 1.40. The van der Waals surface area contributed by atoms with Crippen molar-refractivity contribution in [2.24, 2.45) is 0 Å². The maximum absolute atomic E-state index is 3.90. The Morgan fingerprint density at radius 3 is 2.62 bits per heavy atom. The van der Waals surface area contributed by atoms with Crippen molar-refractivity contribution in [1.29, 1.82) is 0 Å². The number of hydrogen-bond donors (Lipinski definition) is 0. The lowest BCUT2D eigenvalue weighted by Gasteiger charge is -1.96. The van der Waals surface area contributed by atoms with Crippen LogP contribution in [0.3, 0.4) is 0 Å². The fourth-order valence-corrected chi connectivity index (χ4v) is 1.40. The molecule has 0 nitrogen and oxygen atoms in total. The molecule has 1 aromatic carbocycles. The van der Waals surface area contributed by atoms with Crippen LogP contribution >= 0.6 is 0 Å². The smallest absolute Gasteiger partial charge is 0.0156 e. The van der Waals surface area contributed by atoms with Gasteiger partial charge < -0.3 is 0 Å². The molecule has 0 unspecified atom stereocenters. The zero-order chi connectivity index (χ0) is 9.84. The predicted octanol–water partition coefficient (Wildman–Crippen LogP) is 2.15. The van der Waals surface area contributed by atoms with E-state index in [0.29, 0.717) is 0 Å². The zero-order valence-corrected chi connectivity index (χ0v) is 8.59. The van der Waals surface area contributed by atoms with Crippen molar-refractivity contribution in [3.63, 3.8) is 0 Å². The average molecular weight is 172 g/mol. The predicted molar refractivity (Wildman–Crippen MR) is 59.8 cm³/mol. The molecular formula is C13H16. The number of hydrogen-bond acceptors (Lipinski definition) is 0. The summed E-state index contributed by atoms with van der Waals surface area (Å²) >= 11 is 0. The maximum Gasteiger partial charge on any atom is -0.0156 e. The van der Waals surface area contributed by atoms with E-state index in [-0.39, 0.29) is 0 Å². The van der Waals surface area contributed by atoms with E-state index in [0.717, 1.165) is 5.57 Å². The molecule has 0 fully saturated rings. The normalized spacial score (nSPS) is 13.5. The van der Waals surface area contributed by atoms with Crippen molar-refractivity contribution in [2.75, 3.05) is 0 Å². The molecule has 0 radical (unpaired) electrons. The van der Waals surface area contributed by atoms with E-state index in [9.17, 15) is 0 Å². The van der Waals surface area contributed by atoms with E-state index in [1.54, 1.807) is 0 Å². The Balaban J connectivity index is 3.60. The first-order chi connectivity index (χ1) is 6.15. The molecule has 0 atom stereocenters. The van der Waals surface area contributed by atoms with Crippen LogP contribution in [0.15, 0.2) is 30.4 Å². The van der Waals surface area contributed by atoms with Gasteiger partial charge >= 0.3 is 0 Å². The molecule has 0 spiro atoms. The van der Waals surface area contributed by atoms with Gasteiger partial charge in [-0.25, -0.2) is 0 Å². The Hall–Kier alpha value is -1.30. The molecule has 0 heterocycles. The van der Waals surface area contributed by atoms with E-state index in [1.165, 1.54) is 16.0 Å². The van der Waals surface area contributed by atoms with Gasteiger partial charge in [0.25, 0.3) is 0 Å². The van der Waals surface area contributed by atoms with Crippen molar-refractivity contribution in [3.8, 4) is 0 Å². The molecule has 0 saturated heterocycles. The van der Waals surface area contributed by atoms with Gasteiger partial charge in [0.2, 0.25) is 0 Å². The minimum atomic E-state index is 1.09. The number of benzene rings is 1. The number of rotatable bonds is 1. The van der Waals surface area contributed by atoms with Crippen molar-refractivity contribution in [3.05, 3.63) is 46.4 Å². The molecule has 0 amide bonds. The Kier molecular flexibility index (Phi) is 3.07. The molecule has 0 saturated carbocycles. The van der Waals surface area contributed by atoms with Gasteiger partial charge in [0.15, 0.2) is 0 Å². The first-order valence-corrected chi connectivity index (χ1v) is 4.54. The molecule has 0 aliphatic carbocycles. The largest absolute Gasteiger partial charge is 0.0961 e. The van der Waals surface area contributed by atoms with Crippen LogP contribution in [0.1, 0.15) is 19.4 Å². The van der Waals surface area contributed by atoms with Crippen LogP contribution in [-0.4, -0.2) is 0 Å². The third-order valence-electron chi connectivity index (χ3n) is 2.06. The van der Waals surface area contributed by atoms with Crippen LogP contribution in [0, 0.1) is 6.92 Å². The zero-order valence-electron chi connectivity index (χ0n) is 8.59. The molecule has 0 aliphatic heterocycles. The molecule has 1 aromatic rings. The van der Waals surface area contributed by atoms with Crippen LogP contribution in [0.5, 0.6) is 0 Å². The molecule has 13 heavy (non-hydrogen) atoms. The minimum Gasteiger partial charge on any atom is -0.0961 e. The molecule has 0 N–H and O–H groups in total. The van der Waals surface area contributed by atoms with Gasteiger partial charge in [-0.2, -0.15) is 0 Å². The van der Waals surface area contributed by atoms with Crippen LogP contribution in [0.2, 0.25) is 0 Å². The van der Waals surface area contributed by atoms with Crippen LogP contribution in [0.4, 0.5) is 0 Å². The summed E-state index contributed by atoms with van der Waals surface area (Å²) in [5.41, 5.74) is 2.40. The molecule has 68 valence electrons. The summed E-state index contributed by atoms with van der Waals surface area (Å²) in [6.45, 7) is 10.1. The summed E-state index contributed by atoms with van der Waals surface area (Å²) < 4.78 is 0. The maximum atomic E-state index is 3.90. The summed E-state index contributed by atoms with van der Waals surface area (Å²) in [4.78, 5) is 0. The van der Waals surface area contributed by atoms with E-state index in [4.69, 9.17) is 0 Å². The first-order valence-electron chi connectivity index (χ1n) is 4.54. The van der Waals surface area contributed by atoms with Crippen molar-refractivity contribution in [1.82, 2.24) is 0 Å². The fraction of sp³-hybridized carbons (Fsp3) is 0.231. The van der Waals surface area contributed by atoms with Gasteiger partial charge in [-0.3, -0.25) is 0 Å². The van der Waals surface area contributed by atoms with E-state index < -0.39 is 0 Å². The van der Waals surface area contributed by atoms with Crippen molar-refractivity contribution < 1.29 is 0 Å². The topological polar surface area (TPSA) is 0 Å². The monoisotopic (exact) mass is 172 g/mol. The van der Waals surface area contributed by atoms with Crippen LogP contribution < -0.4 is 10.4 Å². The van der Waals surface area contributed by atoms with Crippen molar-refractivity contribution >= 4 is 12.2 Å². The highest BCUT2D eigenvalue weighted by molar-refractivity contribution is 5.46. The van der Waals surface area contributed by atoms with Gasteiger partial charge in [-0.15, -0.1) is 0 Å². The lowest BCUT2D eigenvalue weighted by Crippen LogP contribution is -2.26. The third-order valence-corrected chi connectivity index (χ3v) is 2.06. The highest BCUT2D eigenvalue weighted by Gasteiger charge is 1.89. The number of allylic oxidation sites excluding steroid dienone is 1. The second-order valence-corrected chi connectivity index (χ2v) is 3.36. The van der Waals surface area contributed by atoms with E-state index >= 15 is 0 Å². The van der Waals surface area contributed by atoms with Gasteiger partial charge in [0.1, 0.15) is 0 Å². The Morgan fingerprint density at radius 1 is 1.38 bits per heavy atom. The van der Waals surface area contributed by atoms with Gasteiger partial charge in [0.05, 0.1) is 0 Å². The minimum absolute atomic E-state index is 1.09. The molecule has 0 heteroatoms. The standard InChI is InChI=1S/C13H16/c1-5-12-8-6-7-11(4)13(12)9-10(2)3/h5-9H,2H2,1,3-4H3/b12-5-,13-9-. The van der Waals surface area contributed by atoms with Crippen LogP contribution in [-0.2, 0) is 0 Å². The highest BCUT2D eigenvalue weighted by Crippen LogP contribution is 1.89. The Labute approximate surface area is 79.9 Å². The van der Waals surface area contributed by atoms with Gasteiger partial charge in [0, 0.05) is 0 Å². The third kappa shape index (κ3) is 2.32. The summed E-state index contributed by atoms with van der Waals surface area (Å²) in [7, 11) is 0. The lowest BCUT2D eigenvalue weighted by atomic mass is 10.1. The second-order valence-electron chi connectivity index (χ2n) is 3.36. The summed E-state index contributed by atoms with van der Waals surface area (Å²) in [6, 6.07) is 6.34. The lowest BCUT2D eigenvalue weighted by molar-refractivity contribution is 1.36. The molecular weight excluding hydrogens is 156 g/mol. The summed E-state index contributed by atoms with van der Waals surface area (Å²) in [5, 5.41) is 2.57. The summed E-state index contributed by atoms with van der Waals surface area (Å²) in [6.07, 6.45) is 4.26. The first kappa shape index (κ1) is 9.79. The molecule has 0 bridgehead atoms. The molecule has 0 aromatic heterocycles. The Morgan fingerprint density at radius 2 is 2.08 bits per heavy atom. The quantitative estimate of drug-likeness (QED) is 0.609. The molecule has 1 rings (SSSR count). The Bertz CT molecular complexity index is 422. The van der Waals surface area contributed by atoms with Crippen LogP contribution in [0.25, 0.3) is 12.2 Å². The van der Waals surface area contributed by atoms with E-state index in [2.05, 4.69) is 50.8 Å². The second kappa shape index (κ2) is 4.08. The van der Waals surface area contributed by atoms with Gasteiger partial charge in [-0.05, 0) is 36.8 Å². The van der Waals surface area contributed by atoms with Gasteiger partial charge in [-0.1, -0.05) is 42.5 Å². The average Bonchev–Trinajstić information content (AvgIpc) is 2.08. The molecule has 0 aliphatic rings. The number of aryl methyl sites for hydroxylation is 1. The SMILES string of the molecule is C=C(C)/C=c1/c(C)ccc/c1=C/C. The summed E-state index contributed by atoms with van der Waals surface area (Å²) in [5.74, 6) is 0. The van der Waals surface area contributed by atoms with E-state index in [1.807, 2.05) is 6.92 Å².